The number of carbonyl (C=O) groups is 2. The average molecular weight is 336 g/mol. The standard InChI is InChI=1S/C21H24N2O2/c1-16-7-5-6-8-18(16)11-12-20(24)22-14-17-13-21(25)23(15-17)19-9-3-2-4-10-19/h2-10,17H,11-15H2,1H3,(H,22,24). The Morgan fingerprint density at radius 2 is 1.84 bits per heavy atom. The molecule has 1 aliphatic heterocycles. The van der Waals surface area contributed by atoms with Crippen LogP contribution < -0.4 is 10.2 Å². The van der Waals surface area contributed by atoms with Crippen molar-refractivity contribution in [2.24, 2.45) is 5.92 Å². The van der Waals surface area contributed by atoms with E-state index in [0.717, 1.165) is 12.1 Å². The molecule has 0 radical (unpaired) electrons. The lowest BCUT2D eigenvalue weighted by Gasteiger charge is -2.17. The molecule has 1 aliphatic rings. The van der Waals surface area contributed by atoms with Crippen LogP contribution in [0.25, 0.3) is 0 Å². The fraction of sp³-hybridized carbons (Fsp3) is 0.333. The molecular weight excluding hydrogens is 312 g/mol. The first-order chi connectivity index (χ1) is 12.1. The Morgan fingerprint density at radius 3 is 2.60 bits per heavy atom. The molecule has 0 saturated carbocycles. The van der Waals surface area contributed by atoms with Crippen LogP contribution in [0.4, 0.5) is 5.69 Å². The van der Waals surface area contributed by atoms with E-state index < -0.39 is 0 Å². The molecule has 130 valence electrons. The second kappa shape index (κ2) is 7.97. The van der Waals surface area contributed by atoms with Gasteiger partial charge in [0.1, 0.15) is 0 Å². The van der Waals surface area contributed by atoms with Gasteiger partial charge in [-0.05, 0) is 36.6 Å². The maximum Gasteiger partial charge on any atom is 0.227 e. The molecular formula is C21H24N2O2. The average Bonchev–Trinajstić information content (AvgIpc) is 3.01. The normalized spacial score (nSPS) is 16.9. The third-order valence-corrected chi connectivity index (χ3v) is 4.74. The van der Waals surface area contributed by atoms with Crippen molar-refractivity contribution in [1.29, 1.82) is 0 Å². The number of nitrogens with one attached hydrogen (secondary N) is 1. The van der Waals surface area contributed by atoms with Crippen LogP contribution in [0.15, 0.2) is 54.6 Å². The third kappa shape index (κ3) is 4.47. The van der Waals surface area contributed by atoms with Crippen molar-refractivity contribution in [3.8, 4) is 0 Å². The van der Waals surface area contributed by atoms with Gasteiger partial charge in [0.15, 0.2) is 0 Å². The van der Waals surface area contributed by atoms with Gasteiger partial charge in [0, 0.05) is 37.5 Å². The number of nitrogens with zero attached hydrogens (tertiary/aromatic N) is 1. The van der Waals surface area contributed by atoms with Gasteiger partial charge in [-0.2, -0.15) is 0 Å². The van der Waals surface area contributed by atoms with Gasteiger partial charge in [0.25, 0.3) is 0 Å². The van der Waals surface area contributed by atoms with Crippen molar-refractivity contribution < 1.29 is 9.59 Å². The summed E-state index contributed by atoms with van der Waals surface area (Å²) in [6, 6.07) is 17.8. The van der Waals surface area contributed by atoms with Crippen molar-refractivity contribution in [1.82, 2.24) is 5.32 Å². The van der Waals surface area contributed by atoms with E-state index >= 15 is 0 Å². The molecule has 4 nitrogen and oxygen atoms in total. The van der Waals surface area contributed by atoms with Gasteiger partial charge in [0.05, 0.1) is 0 Å². The third-order valence-electron chi connectivity index (χ3n) is 4.74. The van der Waals surface area contributed by atoms with Crippen LogP contribution in [0.1, 0.15) is 24.0 Å². The van der Waals surface area contributed by atoms with E-state index in [0.29, 0.717) is 25.9 Å². The molecule has 0 spiro atoms. The van der Waals surface area contributed by atoms with Gasteiger partial charge in [-0.15, -0.1) is 0 Å². The second-order valence-electron chi connectivity index (χ2n) is 6.64. The highest BCUT2D eigenvalue weighted by Crippen LogP contribution is 2.24. The first-order valence-electron chi connectivity index (χ1n) is 8.80. The number of hydrogen-bond acceptors (Lipinski definition) is 2. The van der Waals surface area contributed by atoms with Crippen LogP contribution in [0, 0.1) is 12.8 Å². The Bertz CT molecular complexity index is 743. The Kier molecular flexibility index (Phi) is 5.49. The number of aryl methyl sites for hydroxylation is 2. The number of benzene rings is 2. The summed E-state index contributed by atoms with van der Waals surface area (Å²) in [6.07, 6.45) is 1.72. The van der Waals surface area contributed by atoms with Crippen LogP contribution in [-0.2, 0) is 16.0 Å². The minimum Gasteiger partial charge on any atom is -0.356 e. The van der Waals surface area contributed by atoms with E-state index in [1.54, 1.807) is 0 Å². The van der Waals surface area contributed by atoms with Crippen molar-refractivity contribution in [3.63, 3.8) is 0 Å². The Morgan fingerprint density at radius 1 is 1.12 bits per heavy atom. The summed E-state index contributed by atoms with van der Waals surface area (Å²) in [7, 11) is 0. The van der Waals surface area contributed by atoms with Gasteiger partial charge < -0.3 is 10.2 Å². The number of amides is 2. The van der Waals surface area contributed by atoms with Crippen LogP contribution in [0.5, 0.6) is 0 Å². The maximum absolute atomic E-state index is 12.2. The molecule has 0 aromatic heterocycles. The lowest BCUT2D eigenvalue weighted by Crippen LogP contribution is -2.31. The molecule has 4 heteroatoms. The summed E-state index contributed by atoms with van der Waals surface area (Å²) in [5.74, 6) is 0.356. The van der Waals surface area contributed by atoms with Gasteiger partial charge in [-0.3, -0.25) is 9.59 Å². The molecule has 0 bridgehead atoms. The zero-order valence-corrected chi connectivity index (χ0v) is 14.6. The smallest absolute Gasteiger partial charge is 0.227 e. The monoisotopic (exact) mass is 336 g/mol. The molecule has 1 saturated heterocycles. The minimum absolute atomic E-state index is 0.0499. The molecule has 1 atom stereocenters. The van der Waals surface area contributed by atoms with E-state index in [-0.39, 0.29) is 17.7 Å². The van der Waals surface area contributed by atoms with E-state index in [1.165, 1.54) is 11.1 Å². The summed E-state index contributed by atoms with van der Waals surface area (Å²) < 4.78 is 0. The number of rotatable bonds is 6. The van der Waals surface area contributed by atoms with E-state index in [4.69, 9.17) is 0 Å². The fourth-order valence-corrected chi connectivity index (χ4v) is 3.26. The van der Waals surface area contributed by atoms with E-state index in [9.17, 15) is 9.59 Å². The van der Waals surface area contributed by atoms with Crippen molar-refractivity contribution in [2.45, 2.75) is 26.2 Å². The predicted octanol–water partition coefficient (Wildman–Crippen LogP) is 3.10. The Balaban J connectivity index is 1.45. The zero-order chi connectivity index (χ0) is 17.6. The van der Waals surface area contributed by atoms with Gasteiger partial charge in [0.2, 0.25) is 11.8 Å². The number of hydrogen-bond donors (Lipinski definition) is 1. The summed E-state index contributed by atoms with van der Waals surface area (Å²) >= 11 is 0. The first-order valence-corrected chi connectivity index (χ1v) is 8.80. The summed E-state index contributed by atoms with van der Waals surface area (Å²) in [4.78, 5) is 26.1. The lowest BCUT2D eigenvalue weighted by atomic mass is 10.0. The largest absolute Gasteiger partial charge is 0.356 e. The Labute approximate surface area is 148 Å². The van der Waals surface area contributed by atoms with Crippen LogP contribution in [0.2, 0.25) is 0 Å². The summed E-state index contributed by atoms with van der Waals surface area (Å²) in [5.41, 5.74) is 3.36. The van der Waals surface area contributed by atoms with Crippen LogP contribution in [0.3, 0.4) is 0 Å². The van der Waals surface area contributed by atoms with Gasteiger partial charge in [-0.1, -0.05) is 42.5 Å². The molecule has 3 rings (SSSR count). The molecule has 2 aromatic rings. The first kappa shape index (κ1) is 17.2. The molecule has 0 aliphatic carbocycles. The number of carbonyl (C=O) groups excluding carboxylic acids is 2. The minimum atomic E-state index is 0.0499. The second-order valence-corrected chi connectivity index (χ2v) is 6.64. The van der Waals surface area contributed by atoms with Crippen molar-refractivity contribution in [2.75, 3.05) is 18.0 Å². The van der Waals surface area contributed by atoms with Gasteiger partial charge in [-0.25, -0.2) is 0 Å². The topological polar surface area (TPSA) is 49.4 Å². The highest BCUT2D eigenvalue weighted by molar-refractivity contribution is 5.95. The zero-order valence-electron chi connectivity index (χ0n) is 14.6. The van der Waals surface area contributed by atoms with Crippen LogP contribution >= 0.6 is 0 Å². The number of para-hydroxylation sites is 1. The Hall–Kier alpha value is -2.62. The highest BCUT2D eigenvalue weighted by Gasteiger charge is 2.30. The fourth-order valence-electron chi connectivity index (χ4n) is 3.26. The molecule has 1 unspecified atom stereocenters. The van der Waals surface area contributed by atoms with E-state index in [1.807, 2.05) is 47.4 Å². The van der Waals surface area contributed by atoms with Crippen molar-refractivity contribution in [3.05, 3.63) is 65.7 Å². The molecule has 2 aromatic carbocycles. The maximum atomic E-state index is 12.2. The SMILES string of the molecule is Cc1ccccc1CCC(=O)NCC1CC(=O)N(c2ccccc2)C1. The van der Waals surface area contributed by atoms with Crippen LogP contribution in [-0.4, -0.2) is 24.9 Å². The quantitative estimate of drug-likeness (QED) is 0.881. The summed E-state index contributed by atoms with van der Waals surface area (Å²) in [6.45, 7) is 3.29. The van der Waals surface area contributed by atoms with Gasteiger partial charge >= 0.3 is 0 Å². The lowest BCUT2D eigenvalue weighted by molar-refractivity contribution is -0.121. The summed E-state index contributed by atoms with van der Waals surface area (Å²) in [5, 5.41) is 2.99. The molecule has 1 heterocycles. The molecule has 25 heavy (non-hydrogen) atoms. The van der Waals surface area contributed by atoms with Crippen molar-refractivity contribution >= 4 is 17.5 Å². The molecule has 2 amide bonds. The number of anilines is 1. The predicted molar refractivity (Wildman–Crippen MR) is 99.4 cm³/mol. The molecule has 1 fully saturated rings. The van der Waals surface area contributed by atoms with E-state index in [2.05, 4.69) is 24.4 Å². The molecule has 1 N–H and O–H groups in total. The highest BCUT2D eigenvalue weighted by atomic mass is 16.2.